The third-order valence-corrected chi connectivity index (χ3v) is 5.48. The molecular formula is C26H22ClN3O6. The van der Waals surface area contributed by atoms with E-state index in [1.54, 1.807) is 56.3 Å². The van der Waals surface area contributed by atoms with Gasteiger partial charge in [-0.15, -0.1) is 0 Å². The molecule has 9 nitrogen and oxygen atoms in total. The van der Waals surface area contributed by atoms with Crippen molar-refractivity contribution in [1.29, 1.82) is 0 Å². The molecule has 0 saturated heterocycles. The monoisotopic (exact) mass is 507 g/mol. The van der Waals surface area contributed by atoms with Gasteiger partial charge in [0.2, 0.25) is 0 Å². The van der Waals surface area contributed by atoms with Crippen LogP contribution in [0.5, 0.6) is 0 Å². The second-order valence-electron chi connectivity index (χ2n) is 8.10. The van der Waals surface area contributed by atoms with Gasteiger partial charge in [0.05, 0.1) is 30.2 Å². The number of benzene rings is 2. The number of imide groups is 1. The summed E-state index contributed by atoms with van der Waals surface area (Å²) in [7, 11) is 0. The van der Waals surface area contributed by atoms with Crippen LogP contribution in [-0.2, 0) is 20.9 Å². The number of nitrogens with one attached hydrogen (secondary N) is 2. The lowest BCUT2D eigenvalue weighted by Gasteiger charge is -2.16. The van der Waals surface area contributed by atoms with Crippen molar-refractivity contribution in [3.8, 4) is 0 Å². The number of esters is 1. The molecule has 0 unspecified atom stereocenters. The fourth-order valence-corrected chi connectivity index (χ4v) is 3.64. The summed E-state index contributed by atoms with van der Waals surface area (Å²) in [5, 5.41) is 5.29. The van der Waals surface area contributed by atoms with E-state index in [2.05, 4.69) is 10.6 Å². The van der Waals surface area contributed by atoms with Crippen LogP contribution in [0, 0.1) is 0 Å². The lowest BCUT2D eigenvalue weighted by atomic mass is 10.2. The molecule has 0 saturated carbocycles. The summed E-state index contributed by atoms with van der Waals surface area (Å²) >= 11 is 6.20. The molecule has 184 valence electrons. The van der Waals surface area contributed by atoms with E-state index < -0.39 is 17.8 Å². The Morgan fingerprint density at radius 2 is 1.75 bits per heavy atom. The quantitative estimate of drug-likeness (QED) is 0.346. The van der Waals surface area contributed by atoms with Crippen LogP contribution >= 0.6 is 11.6 Å². The molecule has 3 aromatic rings. The molecule has 0 fully saturated rings. The molecule has 2 aromatic carbocycles. The number of carbonyl (C=O) groups excluding carboxylic acids is 4. The number of rotatable bonds is 8. The number of carbonyl (C=O) groups is 4. The number of hydrogen-bond acceptors (Lipinski definition) is 7. The molecule has 0 radical (unpaired) electrons. The number of anilines is 2. The maximum atomic E-state index is 13.1. The largest absolute Gasteiger partial charge is 0.467 e. The topological polar surface area (TPSA) is 118 Å². The third-order valence-electron chi connectivity index (χ3n) is 5.13. The van der Waals surface area contributed by atoms with E-state index in [9.17, 15) is 19.2 Å². The minimum Gasteiger partial charge on any atom is -0.467 e. The smallest absolute Gasteiger partial charge is 0.338 e. The lowest BCUT2D eigenvalue weighted by Crippen LogP contribution is -2.32. The Morgan fingerprint density at radius 3 is 2.42 bits per heavy atom. The van der Waals surface area contributed by atoms with E-state index in [-0.39, 0.29) is 40.5 Å². The van der Waals surface area contributed by atoms with Crippen molar-refractivity contribution in [2.45, 2.75) is 26.5 Å². The van der Waals surface area contributed by atoms with Gasteiger partial charge < -0.3 is 19.8 Å². The predicted octanol–water partition coefficient (Wildman–Crippen LogP) is 4.21. The van der Waals surface area contributed by atoms with E-state index in [1.807, 2.05) is 0 Å². The van der Waals surface area contributed by atoms with Crippen molar-refractivity contribution < 1.29 is 28.3 Å². The molecule has 10 heteroatoms. The number of ether oxygens (including phenoxy) is 1. The molecule has 1 aliphatic rings. The Hall–Kier alpha value is -4.37. The van der Waals surface area contributed by atoms with Crippen LogP contribution in [0.25, 0.3) is 0 Å². The number of furan rings is 1. The van der Waals surface area contributed by atoms with Gasteiger partial charge in [-0.3, -0.25) is 14.4 Å². The standard InChI is InChI=1S/C26H22ClN3O6/c1-15(2)36-26(34)17-5-3-6-19(13-17)30-24(32)21(27)22(25(30)33)29-18-10-8-16(9-11-18)23(31)28-14-20-7-4-12-35-20/h3-13,15,29H,14H2,1-2H3,(H,28,31). The van der Waals surface area contributed by atoms with Crippen molar-refractivity contribution >= 4 is 46.7 Å². The summed E-state index contributed by atoms with van der Waals surface area (Å²) in [6.45, 7) is 3.69. The Morgan fingerprint density at radius 1 is 1.00 bits per heavy atom. The van der Waals surface area contributed by atoms with Crippen LogP contribution in [0.1, 0.15) is 40.3 Å². The first-order valence-corrected chi connectivity index (χ1v) is 11.4. The zero-order chi connectivity index (χ0) is 25.8. The third kappa shape index (κ3) is 5.31. The Labute approximate surface area is 211 Å². The highest BCUT2D eigenvalue weighted by Gasteiger charge is 2.39. The normalized spacial score (nSPS) is 13.4. The van der Waals surface area contributed by atoms with Gasteiger partial charge in [-0.2, -0.15) is 0 Å². The minimum atomic E-state index is -0.729. The van der Waals surface area contributed by atoms with Crippen LogP contribution in [0.15, 0.2) is 82.1 Å². The van der Waals surface area contributed by atoms with Crippen molar-refractivity contribution in [2.75, 3.05) is 10.2 Å². The molecule has 3 amide bonds. The second kappa shape index (κ2) is 10.5. The summed E-state index contributed by atoms with van der Waals surface area (Å²) in [5.74, 6) is -1.66. The van der Waals surface area contributed by atoms with Crippen molar-refractivity contribution in [1.82, 2.24) is 5.32 Å². The average molecular weight is 508 g/mol. The van der Waals surface area contributed by atoms with Crippen LogP contribution in [0.4, 0.5) is 11.4 Å². The molecule has 4 rings (SSSR count). The fourth-order valence-electron chi connectivity index (χ4n) is 3.43. The van der Waals surface area contributed by atoms with E-state index in [0.717, 1.165) is 4.90 Å². The van der Waals surface area contributed by atoms with Crippen LogP contribution < -0.4 is 15.5 Å². The second-order valence-corrected chi connectivity index (χ2v) is 8.48. The molecule has 2 N–H and O–H groups in total. The van der Waals surface area contributed by atoms with Gasteiger partial charge in [0.1, 0.15) is 16.5 Å². The molecule has 0 bridgehead atoms. The van der Waals surface area contributed by atoms with E-state index >= 15 is 0 Å². The Balaban J connectivity index is 1.45. The Kier molecular flexibility index (Phi) is 7.21. The fraction of sp³-hybridized carbons (Fsp3) is 0.154. The molecule has 1 aliphatic heterocycles. The van der Waals surface area contributed by atoms with Crippen LogP contribution in [0.2, 0.25) is 0 Å². The molecule has 36 heavy (non-hydrogen) atoms. The first-order chi connectivity index (χ1) is 17.2. The van der Waals surface area contributed by atoms with Gasteiger partial charge in [0, 0.05) is 11.3 Å². The first kappa shape index (κ1) is 24.7. The highest BCUT2D eigenvalue weighted by atomic mass is 35.5. The SMILES string of the molecule is CC(C)OC(=O)c1cccc(N2C(=O)C(Cl)=C(Nc3ccc(C(=O)NCc4ccco4)cc3)C2=O)c1. The minimum absolute atomic E-state index is 0.119. The maximum absolute atomic E-state index is 13.1. The molecular weight excluding hydrogens is 486 g/mol. The zero-order valence-corrected chi connectivity index (χ0v) is 20.2. The number of nitrogens with zero attached hydrogens (tertiary/aromatic N) is 1. The van der Waals surface area contributed by atoms with Gasteiger partial charge in [-0.1, -0.05) is 17.7 Å². The van der Waals surface area contributed by atoms with Gasteiger partial charge in [0.25, 0.3) is 17.7 Å². The van der Waals surface area contributed by atoms with Crippen LogP contribution in [0.3, 0.4) is 0 Å². The Bertz CT molecular complexity index is 1350. The van der Waals surface area contributed by atoms with E-state index in [1.165, 1.54) is 24.5 Å². The number of hydrogen-bond donors (Lipinski definition) is 2. The molecule has 0 aliphatic carbocycles. The first-order valence-electron chi connectivity index (χ1n) is 11.0. The van der Waals surface area contributed by atoms with Gasteiger partial charge in [-0.25, -0.2) is 9.69 Å². The number of amides is 3. The highest BCUT2D eigenvalue weighted by Crippen LogP contribution is 2.30. The zero-order valence-electron chi connectivity index (χ0n) is 19.4. The van der Waals surface area contributed by atoms with Gasteiger partial charge in [0.15, 0.2) is 0 Å². The van der Waals surface area contributed by atoms with Crippen molar-refractivity contribution in [2.24, 2.45) is 0 Å². The molecule has 1 aromatic heterocycles. The molecule has 0 spiro atoms. The predicted molar refractivity (Wildman–Crippen MR) is 132 cm³/mol. The molecule has 0 atom stereocenters. The summed E-state index contributed by atoms with van der Waals surface area (Å²) in [6.07, 6.45) is 1.20. The molecule has 2 heterocycles. The highest BCUT2D eigenvalue weighted by molar-refractivity contribution is 6.53. The summed E-state index contributed by atoms with van der Waals surface area (Å²) in [6, 6.07) is 15.8. The van der Waals surface area contributed by atoms with E-state index in [4.69, 9.17) is 20.8 Å². The van der Waals surface area contributed by atoms with Crippen LogP contribution in [-0.4, -0.2) is 29.8 Å². The van der Waals surface area contributed by atoms with Crippen molar-refractivity contribution in [3.05, 3.63) is 94.5 Å². The number of halogens is 1. The maximum Gasteiger partial charge on any atom is 0.338 e. The van der Waals surface area contributed by atoms with Gasteiger partial charge in [-0.05, 0) is 68.4 Å². The lowest BCUT2D eigenvalue weighted by molar-refractivity contribution is -0.120. The van der Waals surface area contributed by atoms with E-state index in [0.29, 0.717) is 17.0 Å². The van der Waals surface area contributed by atoms with Gasteiger partial charge >= 0.3 is 5.97 Å². The summed E-state index contributed by atoms with van der Waals surface area (Å²) in [4.78, 5) is 51.3. The van der Waals surface area contributed by atoms with Crippen molar-refractivity contribution in [3.63, 3.8) is 0 Å². The summed E-state index contributed by atoms with van der Waals surface area (Å²) in [5.41, 5.74) is 1.10. The average Bonchev–Trinajstić information content (AvgIpc) is 3.45. The summed E-state index contributed by atoms with van der Waals surface area (Å²) < 4.78 is 10.4.